The van der Waals surface area contributed by atoms with Crippen LogP contribution in [0.25, 0.3) is 0 Å². The highest BCUT2D eigenvalue weighted by molar-refractivity contribution is 4.73. The number of unbranched alkanes of at least 4 members (excludes halogenated alkanes) is 3. The zero-order valence-electron chi connectivity index (χ0n) is 28.3. The van der Waals surface area contributed by atoms with E-state index in [1.54, 1.807) is 0 Å². The predicted octanol–water partition coefficient (Wildman–Crippen LogP) is 1.33. The molecule has 10 heteroatoms. The third-order valence-corrected chi connectivity index (χ3v) is 7.67. The Morgan fingerprint density at radius 1 is 0.357 bits per heavy atom. The Kier molecular flexibility index (Phi) is 30.3. The van der Waals surface area contributed by atoms with E-state index in [-0.39, 0.29) is 24.2 Å². The summed E-state index contributed by atoms with van der Waals surface area (Å²) in [4.78, 5) is 0. The van der Waals surface area contributed by atoms with E-state index in [1.165, 1.54) is 51.4 Å². The van der Waals surface area contributed by atoms with E-state index in [2.05, 4.69) is 59.6 Å². The summed E-state index contributed by atoms with van der Waals surface area (Å²) in [5.41, 5.74) is 23.6. The minimum Gasteiger partial charge on any atom is -0.328 e. The summed E-state index contributed by atoms with van der Waals surface area (Å²) in [6.45, 7) is 18.6. The van der Waals surface area contributed by atoms with Gasteiger partial charge >= 0.3 is 0 Å². The number of hydrogen-bond acceptors (Lipinski definition) is 10. The van der Waals surface area contributed by atoms with Crippen molar-refractivity contribution in [2.24, 2.45) is 22.9 Å². The largest absolute Gasteiger partial charge is 0.328 e. The smallest absolute Gasteiger partial charge is 0.0192 e. The molecule has 0 aromatic rings. The lowest BCUT2D eigenvalue weighted by molar-refractivity contribution is 0.414. The second-order valence-electron chi connectivity index (χ2n) is 13.0. The van der Waals surface area contributed by atoms with E-state index in [0.29, 0.717) is 12.1 Å². The summed E-state index contributed by atoms with van der Waals surface area (Å²) in [6.07, 6.45) is 13.9. The average molecular weight is 601 g/mol. The van der Waals surface area contributed by atoms with Crippen LogP contribution in [-0.4, -0.2) is 102 Å². The van der Waals surface area contributed by atoms with Gasteiger partial charge in [-0.15, -0.1) is 0 Å². The van der Waals surface area contributed by atoms with E-state index < -0.39 is 0 Å². The molecule has 0 bridgehead atoms. The highest BCUT2D eigenvalue weighted by atomic mass is 15.0. The molecule has 0 saturated carbocycles. The number of hydrogen-bond donors (Lipinski definition) is 10. The molecule has 0 amide bonds. The molecule has 0 rings (SSSR count). The molecule has 0 aliphatic heterocycles. The second-order valence-corrected chi connectivity index (χ2v) is 13.0. The van der Waals surface area contributed by atoms with E-state index in [0.717, 1.165) is 91.1 Å². The SMILES string of the molecule is CC(N)CCNCCCC(CNCCCCCCNCC(CCCNCCC(C)N)NCCC(C)N)NCCC(C)N. The van der Waals surface area contributed by atoms with Crippen molar-refractivity contribution in [2.75, 3.05) is 65.4 Å². The van der Waals surface area contributed by atoms with Crippen LogP contribution in [0.4, 0.5) is 0 Å². The molecule has 0 spiro atoms. The Labute approximate surface area is 261 Å². The van der Waals surface area contributed by atoms with Crippen LogP contribution in [0.3, 0.4) is 0 Å². The maximum atomic E-state index is 5.95. The molecule has 0 aromatic carbocycles. The maximum Gasteiger partial charge on any atom is 0.0192 e. The Bertz CT molecular complexity index is 487. The fourth-order valence-electron chi connectivity index (χ4n) is 4.85. The zero-order chi connectivity index (χ0) is 31.3. The van der Waals surface area contributed by atoms with Gasteiger partial charge in [0.25, 0.3) is 0 Å². The molecule has 0 aliphatic carbocycles. The van der Waals surface area contributed by atoms with Crippen LogP contribution in [0.5, 0.6) is 0 Å². The minimum atomic E-state index is 0.251. The van der Waals surface area contributed by atoms with Crippen molar-refractivity contribution < 1.29 is 0 Å². The number of nitrogens with one attached hydrogen (secondary N) is 6. The van der Waals surface area contributed by atoms with Crippen molar-refractivity contribution in [2.45, 2.75) is 141 Å². The molecule has 14 N–H and O–H groups in total. The van der Waals surface area contributed by atoms with E-state index in [9.17, 15) is 0 Å². The molecule has 254 valence electrons. The summed E-state index contributed by atoms with van der Waals surface area (Å²) in [5.74, 6) is 0. The van der Waals surface area contributed by atoms with Gasteiger partial charge in [0.05, 0.1) is 0 Å². The maximum absolute atomic E-state index is 5.95. The molecule has 6 unspecified atom stereocenters. The average Bonchev–Trinajstić information content (AvgIpc) is 2.91. The lowest BCUT2D eigenvalue weighted by Crippen LogP contribution is -2.41. The van der Waals surface area contributed by atoms with Gasteiger partial charge in [0.1, 0.15) is 0 Å². The first-order valence-corrected chi connectivity index (χ1v) is 17.5. The summed E-state index contributed by atoms with van der Waals surface area (Å²) < 4.78 is 0. The first-order chi connectivity index (χ1) is 20.2. The van der Waals surface area contributed by atoms with Crippen molar-refractivity contribution in [1.82, 2.24) is 31.9 Å². The third kappa shape index (κ3) is 32.5. The molecule has 0 saturated heterocycles. The van der Waals surface area contributed by atoms with Crippen LogP contribution >= 0.6 is 0 Å². The predicted molar refractivity (Wildman–Crippen MR) is 185 cm³/mol. The van der Waals surface area contributed by atoms with Crippen molar-refractivity contribution in [1.29, 1.82) is 0 Å². The number of nitrogens with two attached hydrogens (primary N) is 4. The summed E-state index contributed by atoms with van der Waals surface area (Å²) in [5, 5.41) is 21.9. The normalized spacial score (nSPS) is 16.3. The molecule has 0 radical (unpaired) electrons. The van der Waals surface area contributed by atoms with Gasteiger partial charge in [-0.1, -0.05) is 12.8 Å². The Morgan fingerprint density at radius 3 is 1.05 bits per heavy atom. The van der Waals surface area contributed by atoms with Gasteiger partial charge < -0.3 is 54.8 Å². The Morgan fingerprint density at radius 2 is 0.690 bits per heavy atom. The van der Waals surface area contributed by atoms with Crippen molar-refractivity contribution in [3.05, 3.63) is 0 Å². The lowest BCUT2D eigenvalue weighted by Gasteiger charge is -2.21. The van der Waals surface area contributed by atoms with Gasteiger partial charge in [-0.3, -0.25) is 0 Å². The van der Waals surface area contributed by atoms with Crippen LogP contribution in [0.15, 0.2) is 0 Å². The molecule has 0 aromatic heterocycles. The second kappa shape index (κ2) is 30.6. The van der Waals surface area contributed by atoms with Gasteiger partial charge in [0, 0.05) is 49.3 Å². The molecular weight excluding hydrogens is 524 g/mol. The third-order valence-electron chi connectivity index (χ3n) is 7.67. The summed E-state index contributed by atoms with van der Waals surface area (Å²) >= 11 is 0. The Balaban J connectivity index is 4.00. The standard InChI is InChI=1S/C32H76N10/c1-27(33)13-21-37-19-9-11-31(41-23-15-29(3)35)25-39-17-7-5-6-8-18-40-26-32(42-24-16-30(4)36)12-10-20-38-22-14-28(2)34/h27-32,37-42H,5-26,33-36H2,1-4H3. The van der Waals surface area contributed by atoms with Gasteiger partial charge in [-0.05, 0) is 144 Å². The zero-order valence-corrected chi connectivity index (χ0v) is 28.3. The fourth-order valence-corrected chi connectivity index (χ4v) is 4.85. The van der Waals surface area contributed by atoms with Gasteiger partial charge in [-0.2, -0.15) is 0 Å². The molecule has 0 heterocycles. The summed E-state index contributed by atoms with van der Waals surface area (Å²) in [7, 11) is 0. The van der Waals surface area contributed by atoms with Gasteiger partial charge in [-0.25, -0.2) is 0 Å². The monoisotopic (exact) mass is 601 g/mol. The Hall–Kier alpha value is -0.400. The fraction of sp³-hybridized carbons (Fsp3) is 1.00. The summed E-state index contributed by atoms with van der Waals surface area (Å²) in [6, 6.07) is 2.05. The highest BCUT2D eigenvalue weighted by Crippen LogP contribution is 2.02. The lowest BCUT2D eigenvalue weighted by atomic mass is 10.1. The minimum absolute atomic E-state index is 0.251. The topological polar surface area (TPSA) is 176 Å². The number of rotatable bonds is 33. The molecular formula is C32H76N10. The first kappa shape index (κ1) is 41.6. The van der Waals surface area contributed by atoms with Crippen LogP contribution in [0.1, 0.15) is 105 Å². The molecule has 6 atom stereocenters. The van der Waals surface area contributed by atoms with Crippen LogP contribution in [-0.2, 0) is 0 Å². The van der Waals surface area contributed by atoms with Crippen LogP contribution < -0.4 is 54.8 Å². The van der Waals surface area contributed by atoms with E-state index in [4.69, 9.17) is 22.9 Å². The van der Waals surface area contributed by atoms with Gasteiger partial charge in [0.2, 0.25) is 0 Å². The van der Waals surface area contributed by atoms with E-state index >= 15 is 0 Å². The van der Waals surface area contributed by atoms with E-state index in [1.807, 2.05) is 0 Å². The van der Waals surface area contributed by atoms with Crippen molar-refractivity contribution >= 4 is 0 Å². The van der Waals surface area contributed by atoms with Gasteiger partial charge in [0.15, 0.2) is 0 Å². The molecule has 10 nitrogen and oxygen atoms in total. The van der Waals surface area contributed by atoms with Crippen molar-refractivity contribution in [3.63, 3.8) is 0 Å². The highest BCUT2D eigenvalue weighted by Gasteiger charge is 2.09. The molecule has 0 aliphatic rings. The van der Waals surface area contributed by atoms with Crippen molar-refractivity contribution in [3.8, 4) is 0 Å². The molecule has 42 heavy (non-hydrogen) atoms. The first-order valence-electron chi connectivity index (χ1n) is 17.5. The quantitative estimate of drug-likeness (QED) is 0.0495. The van der Waals surface area contributed by atoms with Crippen LogP contribution in [0, 0.1) is 0 Å². The van der Waals surface area contributed by atoms with Crippen LogP contribution in [0.2, 0.25) is 0 Å². The molecule has 0 fully saturated rings.